The predicted molar refractivity (Wildman–Crippen MR) is 130 cm³/mol. The van der Waals surface area contributed by atoms with E-state index >= 15 is 0 Å². The van der Waals surface area contributed by atoms with Crippen LogP contribution in [0.4, 0.5) is 0 Å². The summed E-state index contributed by atoms with van der Waals surface area (Å²) in [7, 11) is 1.43. The largest absolute Gasteiger partial charge is 0.489 e. The first-order valence-corrected chi connectivity index (χ1v) is 11.2. The predicted octanol–water partition coefficient (Wildman–Crippen LogP) is 6.16. The van der Waals surface area contributed by atoms with Gasteiger partial charge < -0.3 is 19.6 Å². The molecule has 0 saturated heterocycles. The lowest BCUT2D eigenvalue weighted by Gasteiger charge is -2.16. The van der Waals surface area contributed by atoms with Crippen LogP contribution in [0.5, 0.6) is 11.5 Å². The van der Waals surface area contributed by atoms with Crippen LogP contribution in [0.2, 0.25) is 0 Å². The summed E-state index contributed by atoms with van der Waals surface area (Å²) < 4.78 is 16.5. The molecule has 172 valence electrons. The van der Waals surface area contributed by atoms with Crippen LogP contribution in [0.3, 0.4) is 0 Å². The molecular formula is C28H31NO4. The van der Waals surface area contributed by atoms with Gasteiger partial charge in [0.05, 0.1) is 19.2 Å². The number of nitrogens with one attached hydrogen (secondary N) is 1. The van der Waals surface area contributed by atoms with E-state index in [-0.39, 0.29) is 18.5 Å². The summed E-state index contributed by atoms with van der Waals surface area (Å²) in [6, 6.07) is 25.2. The van der Waals surface area contributed by atoms with E-state index in [4.69, 9.17) is 19.6 Å². The van der Waals surface area contributed by atoms with Crippen molar-refractivity contribution in [3.05, 3.63) is 95.6 Å². The van der Waals surface area contributed by atoms with Crippen molar-refractivity contribution in [1.29, 1.82) is 5.41 Å². The van der Waals surface area contributed by atoms with Gasteiger partial charge >= 0.3 is 5.97 Å². The van der Waals surface area contributed by atoms with E-state index in [0.717, 1.165) is 41.0 Å². The highest BCUT2D eigenvalue weighted by atomic mass is 16.5. The molecule has 3 aromatic carbocycles. The number of carbonyl (C=O) groups is 1. The van der Waals surface area contributed by atoms with Crippen LogP contribution in [-0.4, -0.2) is 25.4 Å². The monoisotopic (exact) mass is 445 g/mol. The summed E-state index contributed by atoms with van der Waals surface area (Å²) in [5.41, 5.74) is 3.45. The van der Waals surface area contributed by atoms with Crippen molar-refractivity contribution in [3.63, 3.8) is 0 Å². The Kier molecular flexibility index (Phi) is 9.07. The number of carbonyl (C=O) groups excluding carboxylic acids is 1. The second kappa shape index (κ2) is 12.4. The summed E-state index contributed by atoms with van der Waals surface area (Å²) in [6.07, 6.45) is 2.34. The van der Waals surface area contributed by atoms with E-state index in [1.54, 1.807) is 0 Å². The summed E-state index contributed by atoms with van der Waals surface area (Å²) in [6.45, 7) is 2.78. The molecule has 33 heavy (non-hydrogen) atoms. The van der Waals surface area contributed by atoms with Gasteiger partial charge in [-0.15, -0.1) is 0 Å². The van der Waals surface area contributed by atoms with Gasteiger partial charge in [-0.05, 0) is 53.3 Å². The Morgan fingerprint density at radius 1 is 0.879 bits per heavy atom. The first-order chi connectivity index (χ1) is 16.1. The molecule has 3 rings (SSSR count). The fourth-order valence-corrected chi connectivity index (χ4v) is 3.58. The second-order valence-corrected chi connectivity index (χ2v) is 7.90. The molecule has 0 aliphatic heterocycles. The zero-order valence-corrected chi connectivity index (χ0v) is 19.3. The standard InChI is InChI=1S/C28H31NO4/c1-3-7-24(18-28(30)31-2)22-12-16-26(17-13-22)32-19-21-10-14-25(15-11-21)33-20-27(29)23-8-5-4-6-9-23/h4-6,8-17,24,29H,3,7,18-20H2,1-2H3. The zero-order chi connectivity index (χ0) is 23.5. The third kappa shape index (κ3) is 7.49. The van der Waals surface area contributed by atoms with Gasteiger partial charge in [-0.25, -0.2) is 0 Å². The highest BCUT2D eigenvalue weighted by Crippen LogP contribution is 2.27. The molecule has 0 amide bonds. The number of ether oxygens (including phenoxy) is 3. The van der Waals surface area contributed by atoms with Crippen LogP contribution >= 0.6 is 0 Å². The van der Waals surface area contributed by atoms with Crippen molar-refractivity contribution >= 4 is 11.7 Å². The zero-order valence-electron chi connectivity index (χ0n) is 19.3. The second-order valence-electron chi connectivity index (χ2n) is 7.90. The maximum absolute atomic E-state index is 11.7. The van der Waals surface area contributed by atoms with Crippen molar-refractivity contribution in [2.24, 2.45) is 0 Å². The third-order valence-electron chi connectivity index (χ3n) is 5.46. The number of hydrogen-bond acceptors (Lipinski definition) is 5. The number of esters is 1. The van der Waals surface area contributed by atoms with E-state index in [0.29, 0.717) is 18.7 Å². The molecule has 1 unspecified atom stereocenters. The van der Waals surface area contributed by atoms with Gasteiger partial charge in [0.15, 0.2) is 0 Å². The maximum Gasteiger partial charge on any atom is 0.306 e. The SMILES string of the molecule is CCCC(CC(=O)OC)c1ccc(OCc2ccc(OCC(=N)c3ccccc3)cc2)cc1. The van der Waals surface area contributed by atoms with Gasteiger partial charge in [0.1, 0.15) is 24.7 Å². The summed E-state index contributed by atoms with van der Waals surface area (Å²) in [5.74, 6) is 1.48. The molecule has 5 nitrogen and oxygen atoms in total. The number of benzene rings is 3. The number of hydrogen-bond donors (Lipinski definition) is 1. The van der Waals surface area contributed by atoms with Crippen LogP contribution in [0.1, 0.15) is 48.8 Å². The smallest absolute Gasteiger partial charge is 0.306 e. The van der Waals surface area contributed by atoms with Crippen molar-refractivity contribution < 1.29 is 19.0 Å². The Balaban J connectivity index is 1.49. The molecule has 3 aromatic rings. The number of methoxy groups -OCH3 is 1. The minimum atomic E-state index is -0.182. The molecule has 0 heterocycles. The summed E-state index contributed by atoms with van der Waals surface area (Å²) in [4.78, 5) is 11.7. The molecule has 0 aromatic heterocycles. The average molecular weight is 446 g/mol. The lowest BCUT2D eigenvalue weighted by atomic mass is 9.91. The molecule has 0 spiro atoms. The Morgan fingerprint density at radius 3 is 2.15 bits per heavy atom. The normalized spacial score (nSPS) is 11.5. The molecule has 0 bridgehead atoms. The number of rotatable bonds is 12. The molecule has 0 radical (unpaired) electrons. The molecule has 0 aliphatic rings. The van der Waals surface area contributed by atoms with E-state index in [1.165, 1.54) is 7.11 Å². The van der Waals surface area contributed by atoms with E-state index < -0.39 is 0 Å². The summed E-state index contributed by atoms with van der Waals surface area (Å²) in [5, 5.41) is 8.12. The molecule has 0 aliphatic carbocycles. The van der Waals surface area contributed by atoms with Crippen molar-refractivity contribution in [1.82, 2.24) is 0 Å². The van der Waals surface area contributed by atoms with E-state index in [2.05, 4.69) is 6.92 Å². The minimum Gasteiger partial charge on any atom is -0.489 e. The average Bonchev–Trinajstić information content (AvgIpc) is 2.87. The van der Waals surface area contributed by atoms with Gasteiger partial charge in [-0.2, -0.15) is 0 Å². The highest BCUT2D eigenvalue weighted by molar-refractivity contribution is 5.99. The van der Waals surface area contributed by atoms with Crippen molar-refractivity contribution in [2.75, 3.05) is 13.7 Å². The topological polar surface area (TPSA) is 68.6 Å². The van der Waals surface area contributed by atoms with E-state index in [9.17, 15) is 4.79 Å². The summed E-state index contributed by atoms with van der Waals surface area (Å²) >= 11 is 0. The maximum atomic E-state index is 11.7. The molecule has 5 heteroatoms. The fraction of sp³-hybridized carbons (Fsp3) is 0.286. The minimum absolute atomic E-state index is 0.160. The van der Waals surface area contributed by atoms with Crippen LogP contribution < -0.4 is 9.47 Å². The highest BCUT2D eigenvalue weighted by Gasteiger charge is 2.16. The van der Waals surface area contributed by atoms with E-state index in [1.807, 2.05) is 78.9 Å². The fourth-order valence-electron chi connectivity index (χ4n) is 3.58. The molecule has 1 atom stereocenters. The first kappa shape index (κ1) is 24.1. The molecule has 0 saturated carbocycles. The van der Waals surface area contributed by atoms with Gasteiger partial charge in [-0.3, -0.25) is 4.79 Å². The van der Waals surface area contributed by atoms with Crippen molar-refractivity contribution in [3.8, 4) is 11.5 Å². The quantitative estimate of drug-likeness (QED) is 0.268. The van der Waals surface area contributed by atoms with Gasteiger partial charge in [-0.1, -0.05) is 67.9 Å². The van der Waals surface area contributed by atoms with Crippen LogP contribution in [0, 0.1) is 5.41 Å². The lowest BCUT2D eigenvalue weighted by Crippen LogP contribution is -2.11. The third-order valence-corrected chi connectivity index (χ3v) is 5.46. The van der Waals surface area contributed by atoms with Crippen LogP contribution in [-0.2, 0) is 16.1 Å². The Morgan fingerprint density at radius 2 is 1.52 bits per heavy atom. The lowest BCUT2D eigenvalue weighted by molar-refractivity contribution is -0.141. The van der Waals surface area contributed by atoms with Gasteiger partial charge in [0.2, 0.25) is 0 Å². The van der Waals surface area contributed by atoms with Gasteiger partial charge in [0.25, 0.3) is 0 Å². The Hall–Kier alpha value is -3.60. The molecular weight excluding hydrogens is 414 g/mol. The van der Waals surface area contributed by atoms with Gasteiger partial charge in [0, 0.05) is 0 Å². The van der Waals surface area contributed by atoms with Crippen LogP contribution in [0.25, 0.3) is 0 Å². The Bertz CT molecular complexity index is 1010. The van der Waals surface area contributed by atoms with Crippen molar-refractivity contribution in [2.45, 2.75) is 38.7 Å². The molecule has 1 N–H and O–H groups in total. The Labute approximate surface area is 195 Å². The first-order valence-electron chi connectivity index (χ1n) is 11.2. The molecule has 0 fully saturated rings. The van der Waals surface area contributed by atoms with Crippen LogP contribution in [0.15, 0.2) is 78.9 Å².